The van der Waals surface area contributed by atoms with Crippen LogP contribution in [0.1, 0.15) is 33.3 Å². The first kappa shape index (κ1) is 17.2. The average Bonchev–Trinajstić information content (AvgIpc) is 2.36. The normalized spacial score (nSPS) is 12.9. The van der Waals surface area contributed by atoms with E-state index in [1.807, 2.05) is 63.1 Å². The summed E-state index contributed by atoms with van der Waals surface area (Å²) in [4.78, 5) is 25.6. The lowest BCUT2D eigenvalue weighted by Gasteiger charge is -2.25. The second-order valence-electron chi connectivity index (χ2n) is 6.27. The van der Waals surface area contributed by atoms with Crippen molar-refractivity contribution < 1.29 is 9.59 Å². The molecule has 3 amide bonds. The number of likely N-dealkylation sites (N-methyl/N-ethyl adjacent to an activating group) is 1. The zero-order valence-electron chi connectivity index (χ0n) is 13.4. The van der Waals surface area contributed by atoms with Crippen LogP contribution in [-0.4, -0.2) is 35.5 Å². The number of imide groups is 1. The van der Waals surface area contributed by atoms with E-state index in [2.05, 4.69) is 10.6 Å². The molecule has 0 aliphatic heterocycles. The van der Waals surface area contributed by atoms with Crippen molar-refractivity contribution in [2.75, 3.05) is 7.05 Å². The van der Waals surface area contributed by atoms with Crippen LogP contribution in [0.15, 0.2) is 30.3 Å². The third-order valence-corrected chi connectivity index (χ3v) is 3.04. The molecule has 0 saturated heterocycles. The van der Waals surface area contributed by atoms with Gasteiger partial charge in [0, 0.05) is 12.1 Å². The standard InChI is InChI=1S/C16H25N3O2/c1-12(14(20)17-15(21)18-16(2,3)4)19(5)11-13-9-7-6-8-10-13/h6-10,12H,11H2,1-5H3,(H2,17,18,20,21)/t12-/m1/s1. The third kappa shape index (κ3) is 6.40. The molecule has 0 saturated carbocycles. The van der Waals surface area contributed by atoms with Gasteiger partial charge in [-0.05, 0) is 40.3 Å². The Morgan fingerprint density at radius 1 is 1.19 bits per heavy atom. The smallest absolute Gasteiger partial charge is 0.321 e. The van der Waals surface area contributed by atoms with E-state index in [0.29, 0.717) is 6.54 Å². The van der Waals surface area contributed by atoms with Crippen LogP contribution in [0.4, 0.5) is 4.79 Å². The van der Waals surface area contributed by atoms with E-state index in [1.165, 1.54) is 0 Å². The minimum Gasteiger partial charge on any atom is -0.333 e. The molecule has 2 N–H and O–H groups in total. The van der Waals surface area contributed by atoms with Gasteiger partial charge in [-0.25, -0.2) is 4.79 Å². The van der Waals surface area contributed by atoms with Crippen LogP contribution in [0.5, 0.6) is 0 Å². The largest absolute Gasteiger partial charge is 0.333 e. The Bertz CT molecular complexity index is 480. The van der Waals surface area contributed by atoms with Crippen molar-refractivity contribution >= 4 is 11.9 Å². The highest BCUT2D eigenvalue weighted by molar-refractivity contribution is 5.96. The predicted molar refractivity (Wildman–Crippen MR) is 83.8 cm³/mol. The fraction of sp³-hybridized carbons (Fsp3) is 0.500. The molecule has 0 heterocycles. The van der Waals surface area contributed by atoms with Gasteiger partial charge in [-0.15, -0.1) is 0 Å². The lowest BCUT2D eigenvalue weighted by molar-refractivity contribution is -0.124. The summed E-state index contributed by atoms with van der Waals surface area (Å²) in [6.07, 6.45) is 0. The van der Waals surface area contributed by atoms with Gasteiger partial charge in [-0.2, -0.15) is 0 Å². The number of nitrogens with one attached hydrogen (secondary N) is 2. The molecule has 1 atom stereocenters. The van der Waals surface area contributed by atoms with E-state index in [0.717, 1.165) is 5.56 Å². The molecule has 1 rings (SSSR count). The lowest BCUT2D eigenvalue weighted by Crippen LogP contribution is -2.52. The molecule has 0 aliphatic rings. The monoisotopic (exact) mass is 291 g/mol. The highest BCUT2D eigenvalue weighted by Gasteiger charge is 2.22. The van der Waals surface area contributed by atoms with Gasteiger partial charge < -0.3 is 5.32 Å². The van der Waals surface area contributed by atoms with Crippen molar-refractivity contribution in [2.24, 2.45) is 0 Å². The van der Waals surface area contributed by atoms with Crippen LogP contribution in [0.3, 0.4) is 0 Å². The van der Waals surface area contributed by atoms with Crippen LogP contribution in [0.25, 0.3) is 0 Å². The van der Waals surface area contributed by atoms with E-state index in [4.69, 9.17) is 0 Å². The van der Waals surface area contributed by atoms with E-state index in [-0.39, 0.29) is 11.4 Å². The van der Waals surface area contributed by atoms with Gasteiger partial charge in [0.25, 0.3) is 0 Å². The second kappa shape index (κ2) is 7.22. The first-order chi connectivity index (χ1) is 9.69. The summed E-state index contributed by atoms with van der Waals surface area (Å²) >= 11 is 0. The Balaban J connectivity index is 2.52. The summed E-state index contributed by atoms with van der Waals surface area (Å²) < 4.78 is 0. The van der Waals surface area contributed by atoms with Crippen molar-refractivity contribution in [2.45, 2.75) is 45.8 Å². The molecule has 1 aromatic carbocycles. The topological polar surface area (TPSA) is 61.4 Å². The summed E-state index contributed by atoms with van der Waals surface area (Å²) in [5.41, 5.74) is 0.752. The quantitative estimate of drug-likeness (QED) is 0.893. The number of hydrogen-bond acceptors (Lipinski definition) is 3. The van der Waals surface area contributed by atoms with Crippen LogP contribution in [-0.2, 0) is 11.3 Å². The summed E-state index contributed by atoms with van der Waals surface area (Å²) in [6, 6.07) is 9.04. The second-order valence-corrected chi connectivity index (χ2v) is 6.27. The maximum atomic E-state index is 12.1. The maximum Gasteiger partial charge on any atom is 0.321 e. The van der Waals surface area contributed by atoms with Crippen LogP contribution in [0, 0.1) is 0 Å². The average molecular weight is 291 g/mol. The molecule has 1 aromatic rings. The Kier molecular flexibility index (Phi) is 5.90. The number of carbonyl (C=O) groups is 2. The van der Waals surface area contributed by atoms with Crippen molar-refractivity contribution in [3.8, 4) is 0 Å². The number of urea groups is 1. The summed E-state index contributed by atoms with van der Waals surface area (Å²) in [7, 11) is 1.86. The minimum atomic E-state index is -0.465. The van der Waals surface area contributed by atoms with Gasteiger partial charge in [0.1, 0.15) is 0 Å². The Labute approximate surface area is 126 Å². The third-order valence-electron chi connectivity index (χ3n) is 3.04. The summed E-state index contributed by atoms with van der Waals surface area (Å²) in [5.74, 6) is -0.310. The van der Waals surface area contributed by atoms with Gasteiger partial charge in [-0.3, -0.25) is 15.0 Å². The number of benzene rings is 1. The highest BCUT2D eigenvalue weighted by Crippen LogP contribution is 2.06. The van der Waals surface area contributed by atoms with Gasteiger partial charge in [0.15, 0.2) is 0 Å². The van der Waals surface area contributed by atoms with Crippen LogP contribution >= 0.6 is 0 Å². The SMILES string of the molecule is C[C@H](C(=O)NC(=O)NC(C)(C)C)N(C)Cc1ccccc1. The fourth-order valence-electron chi connectivity index (χ4n) is 1.80. The first-order valence-corrected chi connectivity index (χ1v) is 7.06. The van der Waals surface area contributed by atoms with Crippen molar-refractivity contribution in [1.82, 2.24) is 15.5 Å². The number of carbonyl (C=O) groups excluding carboxylic acids is 2. The van der Waals surface area contributed by atoms with Gasteiger partial charge >= 0.3 is 6.03 Å². The molecule has 5 heteroatoms. The first-order valence-electron chi connectivity index (χ1n) is 7.06. The molecule has 21 heavy (non-hydrogen) atoms. The van der Waals surface area contributed by atoms with Crippen molar-refractivity contribution in [1.29, 1.82) is 0 Å². The molecule has 5 nitrogen and oxygen atoms in total. The number of amides is 3. The van der Waals surface area contributed by atoms with Gasteiger partial charge in [0.2, 0.25) is 5.91 Å². The van der Waals surface area contributed by atoms with Gasteiger partial charge in [-0.1, -0.05) is 30.3 Å². The lowest BCUT2D eigenvalue weighted by atomic mass is 10.1. The van der Waals surface area contributed by atoms with E-state index >= 15 is 0 Å². The van der Waals surface area contributed by atoms with Crippen LogP contribution < -0.4 is 10.6 Å². The Morgan fingerprint density at radius 3 is 2.29 bits per heavy atom. The minimum absolute atomic E-state index is 0.310. The summed E-state index contributed by atoms with van der Waals surface area (Å²) in [6.45, 7) is 8.02. The molecule has 0 aliphatic carbocycles. The van der Waals surface area contributed by atoms with Crippen molar-refractivity contribution in [3.05, 3.63) is 35.9 Å². The van der Waals surface area contributed by atoms with Crippen molar-refractivity contribution in [3.63, 3.8) is 0 Å². The van der Waals surface area contributed by atoms with E-state index in [9.17, 15) is 9.59 Å². The number of nitrogens with zero attached hydrogens (tertiary/aromatic N) is 1. The fourth-order valence-corrected chi connectivity index (χ4v) is 1.80. The molecule has 0 radical (unpaired) electrons. The Morgan fingerprint density at radius 2 is 1.76 bits per heavy atom. The highest BCUT2D eigenvalue weighted by atomic mass is 16.2. The summed E-state index contributed by atoms with van der Waals surface area (Å²) in [5, 5.41) is 5.08. The van der Waals surface area contributed by atoms with Crippen LogP contribution in [0.2, 0.25) is 0 Å². The molecule has 0 fully saturated rings. The maximum absolute atomic E-state index is 12.1. The predicted octanol–water partition coefficient (Wildman–Crippen LogP) is 2.13. The number of rotatable bonds is 4. The van der Waals surface area contributed by atoms with Gasteiger partial charge in [0.05, 0.1) is 6.04 Å². The molecule has 0 unspecified atom stereocenters. The van der Waals surface area contributed by atoms with E-state index in [1.54, 1.807) is 6.92 Å². The molecular formula is C16H25N3O2. The molecular weight excluding hydrogens is 266 g/mol. The Hall–Kier alpha value is -1.88. The van der Waals surface area contributed by atoms with E-state index < -0.39 is 12.1 Å². The number of hydrogen-bond donors (Lipinski definition) is 2. The molecule has 0 spiro atoms. The molecule has 116 valence electrons. The zero-order chi connectivity index (χ0) is 16.0. The molecule has 0 bridgehead atoms. The zero-order valence-corrected chi connectivity index (χ0v) is 13.4. The molecule has 0 aromatic heterocycles.